The minimum absolute atomic E-state index is 0.0848. The number of rotatable bonds is 5. The van der Waals surface area contributed by atoms with Gasteiger partial charge in [0.1, 0.15) is 10.7 Å². The molecular weight excluding hydrogens is 308 g/mol. The highest BCUT2D eigenvalue weighted by Crippen LogP contribution is 2.26. The van der Waals surface area contributed by atoms with E-state index in [2.05, 4.69) is 14.7 Å². The number of hydrogen-bond acceptors (Lipinski definition) is 6. The van der Waals surface area contributed by atoms with Gasteiger partial charge in [-0.05, 0) is 19.4 Å². The number of hydrogen-bond donors (Lipinski definition) is 1. The third kappa shape index (κ3) is 3.47. The maximum Gasteiger partial charge on any atom is 0.309 e. The summed E-state index contributed by atoms with van der Waals surface area (Å²) >= 11 is 3.10. The van der Waals surface area contributed by atoms with Gasteiger partial charge in [-0.25, -0.2) is 4.98 Å². The Hall–Kier alpha value is -1.34. The van der Waals surface area contributed by atoms with Crippen LogP contribution in [0.25, 0.3) is 10.2 Å². The number of esters is 1. The Morgan fingerprint density at radius 3 is 2.86 bits per heavy atom. The van der Waals surface area contributed by atoms with Crippen molar-refractivity contribution in [1.82, 2.24) is 9.97 Å². The molecule has 7 heteroatoms. The van der Waals surface area contributed by atoms with Crippen LogP contribution >= 0.6 is 23.1 Å². The van der Waals surface area contributed by atoms with E-state index in [0.29, 0.717) is 22.7 Å². The molecule has 2 aromatic rings. The SMILES string of the molecule is COC(=O)C(C)CSCc1nc2sc(C)c(C)c2c(=O)[nH]1. The Bertz CT molecular complexity index is 721. The van der Waals surface area contributed by atoms with E-state index in [1.165, 1.54) is 7.11 Å². The van der Waals surface area contributed by atoms with Gasteiger partial charge in [0.2, 0.25) is 0 Å². The predicted octanol–water partition coefficient (Wildman–Crippen LogP) is 2.64. The molecule has 0 fully saturated rings. The normalized spacial score (nSPS) is 12.6. The zero-order chi connectivity index (χ0) is 15.6. The van der Waals surface area contributed by atoms with Crippen molar-refractivity contribution >= 4 is 39.3 Å². The lowest BCUT2D eigenvalue weighted by molar-refractivity contribution is -0.143. The van der Waals surface area contributed by atoms with Crippen molar-refractivity contribution in [1.29, 1.82) is 0 Å². The summed E-state index contributed by atoms with van der Waals surface area (Å²) in [6.07, 6.45) is 0. The molecule has 0 saturated heterocycles. The van der Waals surface area contributed by atoms with Gasteiger partial charge in [0.25, 0.3) is 5.56 Å². The van der Waals surface area contributed by atoms with Crippen LogP contribution in [0.3, 0.4) is 0 Å². The van der Waals surface area contributed by atoms with Crippen LogP contribution in [0.2, 0.25) is 0 Å². The van der Waals surface area contributed by atoms with Crippen LogP contribution < -0.4 is 5.56 Å². The number of aromatic nitrogens is 2. The van der Waals surface area contributed by atoms with E-state index in [4.69, 9.17) is 0 Å². The van der Waals surface area contributed by atoms with E-state index in [0.717, 1.165) is 15.3 Å². The van der Waals surface area contributed by atoms with E-state index in [1.807, 2.05) is 20.8 Å². The van der Waals surface area contributed by atoms with Crippen LogP contribution in [0.5, 0.6) is 0 Å². The topological polar surface area (TPSA) is 72.0 Å². The minimum atomic E-state index is -0.219. The lowest BCUT2D eigenvalue weighted by Crippen LogP contribution is -2.15. The fourth-order valence-electron chi connectivity index (χ4n) is 1.97. The van der Waals surface area contributed by atoms with Crippen molar-refractivity contribution in [2.45, 2.75) is 26.5 Å². The van der Waals surface area contributed by atoms with Crippen molar-refractivity contribution < 1.29 is 9.53 Å². The number of fused-ring (bicyclic) bond motifs is 1. The maximum absolute atomic E-state index is 12.1. The van der Waals surface area contributed by atoms with Gasteiger partial charge in [-0.2, -0.15) is 11.8 Å². The Balaban J connectivity index is 2.10. The molecule has 0 aliphatic carbocycles. The third-order valence-electron chi connectivity index (χ3n) is 3.30. The average molecular weight is 326 g/mol. The smallest absolute Gasteiger partial charge is 0.309 e. The molecule has 0 aliphatic heterocycles. The Morgan fingerprint density at radius 2 is 2.19 bits per heavy atom. The first-order valence-corrected chi connectivity index (χ1v) is 8.55. The summed E-state index contributed by atoms with van der Waals surface area (Å²) in [5.41, 5.74) is 0.917. The zero-order valence-corrected chi connectivity index (χ0v) is 14.1. The molecular formula is C14H18N2O3S2. The van der Waals surface area contributed by atoms with Crippen LogP contribution in [-0.4, -0.2) is 28.8 Å². The molecule has 1 unspecified atom stereocenters. The number of carbonyl (C=O) groups excluding carboxylic acids is 1. The quantitative estimate of drug-likeness (QED) is 0.855. The van der Waals surface area contributed by atoms with Gasteiger partial charge in [-0.15, -0.1) is 11.3 Å². The fraction of sp³-hybridized carbons (Fsp3) is 0.500. The maximum atomic E-state index is 12.1. The Labute approximate surface area is 131 Å². The number of aryl methyl sites for hydroxylation is 2. The number of methoxy groups -OCH3 is 1. The van der Waals surface area contributed by atoms with Crippen LogP contribution in [0.4, 0.5) is 0 Å². The van der Waals surface area contributed by atoms with Gasteiger partial charge < -0.3 is 9.72 Å². The summed E-state index contributed by atoms with van der Waals surface area (Å²) in [6.45, 7) is 5.76. The van der Waals surface area contributed by atoms with E-state index in [9.17, 15) is 9.59 Å². The van der Waals surface area contributed by atoms with E-state index >= 15 is 0 Å². The molecule has 21 heavy (non-hydrogen) atoms. The molecule has 114 valence electrons. The molecule has 1 N–H and O–H groups in total. The number of thioether (sulfide) groups is 1. The molecule has 2 heterocycles. The van der Waals surface area contributed by atoms with Crippen LogP contribution in [-0.2, 0) is 15.3 Å². The number of thiophene rings is 1. The lowest BCUT2D eigenvalue weighted by Gasteiger charge is -2.08. The first-order chi connectivity index (χ1) is 9.93. The molecule has 1 atom stereocenters. The van der Waals surface area contributed by atoms with E-state index < -0.39 is 0 Å². The largest absolute Gasteiger partial charge is 0.469 e. The molecule has 0 aromatic carbocycles. The molecule has 5 nitrogen and oxygen atoms in total. The standard InChI is InChI=1S/C14H18N2O3S2/c1-7(14(18)19-4)5-20-6-10-15-12(17)11-8(2)9(3)21-13(11)16-10/h7H,5-6H2,1-4H3,(H,15,16,17). The average Bonchev–Trinajstić information content (AvgIpc) is 2.73. The number of aromatic amines is 1. The summed E-state index contributed by atoms with van der Waals surface area (Å²) in [5, 5.41) is 0.689. The molecule has 0 radical (unpaired) electrons. The van der Waals surface area contributed by atoms with Gasteiger partial charge in [0, 0.05) is 10.6 Å². The lowest BCUT2D eigenvalue weighted by atomic mass is 10.2. The van der Waals surface area contributed by atoms with Crippen LogP contribution in [0, 0.1) is 19.8 Å². The second-order valence-corrected chi connectivity index (χ2v) is 7.15. The number of nitrogens with zero attached hydrogens (tertiary/aromatic N) is 1. The number of carbonyl (C=O) groups is 1. The number of H-pyrrole nitrogens is 1. The highest BCUT2D eigenvalue weighted by molar-refractivity contribution is 7.98. The summed E-state index contributed by atoms with van der Waals surface area (Å²) in [6, 6.07) is 0. The van der Waals surface area contributed by atoms with Gasteiger partial charge in [-0.3, -0.25) is 9.59 Å². The summed E-state index contributed by atoms with van der Waals surface area (Å²) in [7, 11) is 1.39. The molecule has 2 aromatic heterocycles. The summed E-state index contributed by atoms with van der Waals surface area (Å²) < 4.78 is 4.68. The first kappa shape index (κ1) is 16.0. The Morgan fingerprint density at radius 1 is 1.48 bits per heavy atom. The summed E-state index contributed by atoms with van der Waals surface area (Å²) in [4.78, 5) is 32.7. The first-order valence-electron chi connectivity index (χ1n) is 6.58. The van der Waals surface area contributed by atoms with Crippen molar-refractivity contribution in [3.63, 3.8) is 0 Å². The van der Waals surface area contributed by atoms with Gasteiger partial charge >= 0.3 is 5.97 Å². The second-order valence-electron chi connectivity index (χ2n) is 4.92. The van der Waals surface area contributed by atoms with E-state index in [-0.39, 0.29) is 17.4 Å². The number of ether oxygens (including phenoxy) is 1. The van der Waals surface area contributed by atoms with Gasteiger partial charge in [0.15, 0.2) is 0 Å². The van der Waals surface area contributed by atoms with E-state index in [1.54, 1.807) is 23.1 Å². The minimum Gasteiger partial charge on any atom is -0.469 e. The summed E-state index contributed by atoms with van der Waals surface area (Å²) in [5.74, 6) is 1.47. The molecule has 0 saturated carbocycles. The van der Waals surface area contributed by atoms with Crippen LogP contribution in [0.15, 0.2) is 4.79 Å². The predicted molar refractivity (Wildman–Crippen MR) is 87.1 cm³/mol. The molecule has 2 rings (SSSR count). The Kier molecular flexibility index (Phi) is 5.05. The van der Waals surface area contributed by atoms with Crippen molar-refractivity contribution in [2.24, 2.45) is 5.92 Å². The highest BCUT2D eigenvalue weighted by Gasteiger charge is 2.14. The fourth-order valence-corrected chi connectivity index (χ4v) is 3.96. The second kappa shape index (κ2) is 6.62. The molecule has 0 amide bonds. The number of nitrogens with one attached hydrogen (secondary N) is 1. The van der Waals surface area contributed by atoms with Crippen molar-refractivity contribution in [3.8, 4) is 0 Å². The van der Waals surface area contributed by atoms with Gasteiger partial charge in [0.05, 0.1) is 24.2 Å². The van der Waals surface area contributed by atoms with Crippen LogP contribution in [0.1, 0.15) is 23.2 Å². The third-order valence-corrected chi connectivity index (χ3v) is 5.61. The molecule has 0 bridgehead atoms. The monoisotopic (exact) mass is 326 g/mol. The van der Waals surface area contributed by atoms with Gasteiger partial charge in [-0.1, -0.05) is 6.92 Å². The molecule has 0 spiro atoms. The molecule has 0 aliphatic rings. The van der Waals surface area contributed by atoms with Crippen molar-refractivity contribution in [2.75, 3.05) is 12.9 Å². The van der Waals surface area contributed by atoms with Crippen molar-refractivity contribution in [3.05, 3.63) is 26.6 Å². The highest BCUT2D eigenvalue weighted by atomic mass is 32.2. The zero-order valence-electron chi connectivity index (χ0n) is 12.5.